The maximum absolute atomic E-state index is 3.62. The van der Waals surface area contributed by atoms with Crippen molar-refractivity contribution < 1.29 is 0 Å². The number of aryl methyl sites for hydroxylation is 1. The highest BCUT2D eigenvalue weighted by atomic mass is 14.9. The van der Waals surface area contributed by atoms with E-state index in [0.29, 0.717) is 0 Å². The highest BCUT2D eigenvalue weighted by Crippen LogP contribution is 2.37. The van der Waals surface area contributed by atoms with Gasteiger partial charge in [0.2, 0.25) is 0 Å². The number of fused-ring (bicyclic) bond motifs is 1. The van der Waals surface area contributed by atoms with Gasteiger partial charge in [-0.3, -0.25) is 0 Å². The maximum Gasteiger partial charge on any atom is 0.0475 e. The second kappa shape index (κ2) is 5.18. The third-order valence-corrected chi connectivity index (χ3v) is 4.41. The minimum absolute atomic E-state index is 0.107. The predicted octanol–water partition coefficient (Wildman–Crippen LogP) is 3.68. The molecule has 3 rings (SSSR count). The minimum Gasteiger partial charge on any atom is -0.310 e. The van der Waals surface area contributed by atoms with E-state index < -0.39 is 0 Å². The zero-order valence-corrected chi connectivity index (χ0v) is 11.5. The molecule has 0 saturated heterocycles. The first kappa shape index (κ1) is 12.4. The second-order valence-electron chi connectivity index (χ2n) is 5.51. The van der Waals surface area contributed by atoms with E-state index in [1.54, 1.807) is 0 Å². The van der Waals surface area contributed by atoms with Gasteiger partial charge in [0, 0.05) is 5.54 Å². The average Bonchev–Trinajstić information content (AvgIpc) is 2.49. The van der Waals surface area contributed by atoms with Gasteiger partial charge < -0.3 is 5.32 Å². The van der Waals surface area contributed by atoms with Crippen LogP contribution in [0.4, 0.5) is 0 Å². The fourth-order valence-corrected chi connectivity index (χ4v) is 3.40. The Bertz CT molecular complexity index is 547. The fourth-order valence-electron chi connectivity index (χ4n) is 3.40. The van der Waals surface area contributed by atoms with Crippen molar-refractivity contribution in [2.24, 2.45) is 0 Å². The average molecular weight is 251 g/mol. The molecule has 1 N–H and O–H groups in total. The Labute approximate surface area is 115 Å². The number of hydrogen-bond acceptors (Lipinski definition) is 1. The molecular formula is C18H21N. The molecule has 98 valence electrons. The van der Waals surface area contributed by atoms with Crippen LogP contribution < -0.4 is 5.32 Å². The summed E-state index contributed by atoms with van der Waals surface area (Å²) >= 11 is 0. The van der Waals surface area contributed by atoms with Crippen molar-refractivity contribution >= 4 is 0 Å². The molecule has 0 aromatic heterocycles. The normalized spacial score (nSPS) is 21.9. The molecule has 1 aliphatic rings. The molecule has 1 nitrogen and oxygen atoms in total. The van der Waals surface area contributed by atoms with Crippen molar-refractivity contribution in [3.05, 3.63) is 71.3 Å². The van der Waals surface area contributed by atoms with E-state index in [-0.39, 0.29) is 5.54 Å². The van der Waals surface area contributed by atoms with Crippen molar-refractivity contribution in [1.29, 1.82) is 0 Å². The van der Waals surface area contributed by atoms with E-state index in [0.717, 1.165) is 6.42 Å². The van der Waals surface area contributed by atoms with Gasteiger partial charge >= 0.3 is 0 Å². The van der Waals surface area contributed by atoms with Crippen LogP contribution in [0.1, 0.15) is 29.5 Å². The first-order valence-corrected chi connectivity index (χ1v) is 7.15. The van der Waals surface area contributed by atoms with E-state index >= 15 is 0 Å². The number of hydrogen-bond donors (Lipinski definition) is 1. The summed E-state index contributed by atoms with van der Waals surface area (Å²) in [4.78, 5) is 0. The summed E-state index contributed by atoms with van der Waals surface area (Å²) < 4.78 is 0. The second-order valence-corrected chi connectivity index (χ2v) is 5.51. The van der Waals surface area contributed by atoms with Gasteiger partial charge in [-0.2, -0.15) is 0 Å². The Kier molecular flexibility index (Phi) is 3.39. The van der Waals surface area contributed by atoms with Crippen LogP contribution in [0.3, 0.4) is 0 Å². The molecule has 0 heterocycles. The zero-order valence-electron chi connectivity index (χ0n) is 11.5. The van der Waals surface area contributed by atoms with Crippen molar-refractivity contribution in [2.45, 2.75) is 31.2 Å². The van der Waals surface area contributed by atoms with Crippen LogP contribution in [-0.4, -0.2) is 7.05 Å². The van der Waals surface area contributed by atoms with Crippen LogP contribution in [0, 0.1) is 0 Å². The van der Waals surface area contributed by atoms with E-state index in [2.05, 4.69) is 67.0 Å². The molecule has 19 heavy (non-hydrogen) atoms. The molecule has 0 bridgehead atoms. The third kappa shape index (κ3) is 2.31. The lowest BCUT2D eigenvalue weighted by Crippen LogP contribution is -2.44. The lowest BCUT2D eigenvalue weighted by atomic mass is 9.73. The summed E-state index contributed by atoms with van der Waals surface area (Å²) in [7, 11) is 2.10. The lowest BCUT2D eigenvalue weighted by molar-refractivity contribution is 0.303. The molecule has 0 saturated carbocycles. The first-order valence-electron chi connectivity index (χ1n) is 7.15. The fraction of sp³-hybridized carbons (Fsp3) is 0.333. The Hall–Kier alpha value is -1.60. The van der Waals surface area contributed by atoms with Gasteiger partial charge in [0.25, 0.3) is 0 Å². The molecule has 0 aliphatic heterocycles. The van der Waals surface area contributed by atoms with Crippen molar-refractivity contribution in [3.8, 4) is 0 Å². The molecule has 0 radical (unpaired) electrons. The smallest absolute Gasteiger partial charge is 0.0475 e. The molecule has 1 atom stereocenters. The Morgan fingerprint density at radius 1 is 1.00 bits per heavy atom. The van der Waals surface area contributed by atoms with E-state index in [1.807, 2.05) is 0 Å². The molecule has 1 unspecified atom stereocenters. The Balaban J connectivity index is 2.00. The van der Waals surface area contributed by atoms with Crippen LogP contribution >= 0.6 is 0 Å². The number of rotatable bonds is 3. The number of benzene rings is 2. The van der Waals surface area contributed by atoms with Crippen molar-refractivity contribution in [1.82, 2.24) is 5.32 Å². The predicted molar refractivity (Wildman–Crippen MR) is 80.3 cm³/mol. The van der Waals surface area contributed by atoms with Gasteiger partial charge in [0.15, 0.2) is 0 Å². The lowest BCUT2D eigenvalue weighted by Gasteiger charge is -2.39. The van der Waals surface area contributed by atoms with Gasteiger partial charge in [-0.1, -0.05) is 54.6 Å². The highest BCUT2D eigenvalue weighted by Gasteiger charge is 2.34. The van der Waals surface area contributed by atoms with Gasteiger partial charge in [-0.25, -0.2) is 0 Å². The van der Waals surface area contributed by atoms with E-state index in [1.165, 1.54) is 36.0 Å². The Morgan fingerprint density at radius 2 is 1.74 bits per heavy atom. The van der Waals surface area contributed by atoms with Gasteiger partial charge in [-0.15, -0.1) is 0 Å². The van der Waals surface area contributed by atoms with Crippen LogP contribution in [0.5, 0.6) is 0 Å². The SMILES string of the molecule is CNC1(Cc2ccccc2)CCCc2ccccc21. The zero-order chi connectivity index (χ0) is 13.1. The van der Waals surface area contributed by atoms with Crippen LogP contribution in [-0.2, 0) is 18.4 Å². The topological polar surface area (TPSA) is 12.0 Å². The van der Waals surface area contributed by atoms with E-state index in [4.69, 9.17) is 0 Å². The Morgan fingerprint density at radius 3 is 2.53 bits per heavy atom. The highest BCUT2D eigenvalue weighted by molar-refractivity contribution is 5.38. The minimum atomic E-state index is 0.107. The standard InChI is InChI=1S/C18H21N/c1-19-18(14-15-8-3-2-4-9-15)13-7-11-16-10-5-6-12-17(16)18/h2-6,8-10,12,19H,7,11,13-14H2,1H3. The summed E-state index contributed by atoms with van der Waals surface area (Å²) in [6.07, 6.45) is 4.77. The molecule has 2 aromatic carbocycles. The molecule has 0 spiro atoms. The molecule has 0 fully saturated rings. The third-order valence-electron chi connectivity index (χ3n) is 4.41. The van der Waals surface area contributed by atoms with Crippen molar-refractivity contribution in [3.63, 3.8) is 0 Å². The van der Waals surface area contributed by atoms with E-state index in [9.17, 15) is 0 Å². The molecule has 1 aliphatic carbocycles. The maximum atomic E-state index is 3.62. The summed E-state index contributed by atoms with van der Waals surface area (Å²) in [5.41, 5.74) is 4.52. The monoisotopic (exact) mass is 251 g/mol. The quantitative estimate of drug-likeness (QED) is 0.877. The largest absolute Gasteiger partial charge is 0.310 e. The summed E-state index contributed by atoms with van der Waals surface area (Å²) in [6.45, 7) is 0. The first-order chi connectivity index (χ1) is 9.34. The van der Waals surface area contributed by atoms with Gasteiger partial charge in [-0.05, 0) is 49.4 Å². The molecular weight excluding hydrogens is 230 g/mol. The van der Waals surface area contributed by atoms with Crippen LogP contribution in [0.25, 0.3) is 0 Å². The summed E-state index contributed by atoms with van der Waals surface area (Å²) in [6, 6.07) is 19.7. The van der Waals surface area contributed by atoms with Gasteiger partial charge in [0.05, 0.1) is 0 Å². The summed E-state index contributed by atoms with van der Waals surface area (Å²) in [5.74, 6) is 0. The number of nitrogens with one attached hydrogen (secondary N) is 1. The molecule has 1 heteroatoms. The van der Waals surface area contributed by atoms with Crippen molar-refractivity contribution in [2.75, 3.05) is 7.05 Å². The van der Waals surface area contributed by atoms with Gasteiger partial charge in [0.1, 0.15) is 0 Å². The molecule has 2 aromatic rings. The summed E-state index contributed by atoms with van der Waals surface area (Å²) in [5, 5.41) is 3.62. The number of likely N-dealkylation sites (N-methyl/N-ethyl adjacent to an activating group) is 1. The molecule has 0 amide bonds. The van der Waals surface area contributed by atoms with Crippen LogP contribution in [0.15, 0.2) is 54.6 Å². The van der Waals surface area contributed by atoms with Crippen LogP contribution in [0.2, 0.25) is 0 Å².